The zero-order chi connectivity index (χ0) is 11.5. The molecule has 1 aromatic rings. The molecule has 1 aromatic heterocycles. The molecule has 2 heterocycles. The fourth-order valence-corrected chi connectivity index (χ4v) is 2.00. The Balaban J connectivity index is 2.12. The van der Waals surface area contributed by atoms with E-state index in [-0.39, 0.29) is 6.42 Å². The molecule has 0 amide bonds. The van der Waals surface area contributed by atoms with Crippen LogP contribution in [-0.4, -0.2) is 33.8 Å². The Labute approximate surface area is 94.1 Å². The third kappa shape index (κ3) is 2.41. The van der Waals surface area contributed by atoms with Crippen molar-refractivity contribution in [1.29, 1.82) is 0 Å². The van der Waals surface area contributed by atoms with Crippen LogP contribution in [0.15, 0.2) is 6.20 Å². The van der Waals surface area contributed by atoms with Gasteiger partial charge >= 0.3 is 5.97 Å². The van der Waals surface area contributed by atoms with E-state index in [0.717, 1.165) is 25.1 Å². The first kappa shape index (κ1) is 11.1. The van der Waals surface area contributed by atoms with E-state index >= 15 is 0 Å². The number of aliphatic carboxylic acids is 1. The molecule has 1 atom stereocenters. The van der Waals surface area contributed by atoms with Crippen molar-refractivity contribution in [2.45, 2.75) is 25.2 Å². The Bertz CT molecular complexity index is 381. The largest absolute Gasteiger partial charge is 0.481 e. The smallest absolute Gasteiger partial charge is 0.311 e. The molecule has 16 heavy (non-hydrogen) atoms. The van der Waals surface area contributed by atoms with Crippen LogP contribution in [-0.2, 0) is 23.0 Å². The Kier molecular flexibility index (Phi) is 3.24. The van der Waals surface area contributed by atoms with Crippen LogP contribution >= 0.6 is 0 Å². The van der Waals surface area contributed by atoms with Gasteiger partial charge in [-0.2, -0.15) is 0 Å². The number of aromatic nitrogens is 2. The van der Waals surface area contributed by atoms with Gasteiger partial charge in [-0.25, -0.2) is 4.98 Å². The minimum Gasteiger partial charge on any atom is -0.481 e. The summed E-state index contributed by atoms with van der Waals surface area (Å²) < 4.78 is 7.19. The number of carbonyl (C=O) groups is 1. The second kappa shape index (κ2) is 4.65. The number of imidazole rings is 1. The van der Waals surface area contributed by atoms with Crippen molar-refractivity contribution < 1.29 is 14.6 Å². The Morgan fingerprint density at radius 2 is 2.56 bits per heavy atom. The maximum absolute atomic E-state index is 10.6. The van der Waals surface area contributed by atoms with Gasteiger partial charge in [0, 0.05) is 25.8 Å². The zero-order valence-corrected chi connectivity index (χ0v) is 9.35. The predicted molar refractivity (Wildman–Crippen MR) is 57.3 cm³/mol. The molecular formula is C11H16N2O3. The van der Waals surface area contributed by atoms with Crippen LogP contribution in [0, 0.1) is 0 Å². The molecule has 1 saturated heterocycles. The van der Waals surface area contributed by atoms with Gasteiger partial charge in [-0.3, -0.25) is 4.79 Å². The topological polar surface area (TPSA) is 64.4 Å². The first-order valence-electron chi connectivity index (χ1n) is 5.48. The van der Waals surface area contributed by atoms with Gasteiger partial charge < -0.3 is 14.4 Å². The molecular weight excluding hydrogens is 208 g/mol. The van der Waals surface area contributed by atoms with Crippen molar-refractivity contribution in [2.75, 3.05) is 13.2 Å². The lowest BCUT2D eigenvalue weighted by Gasteiger charge is -2.19. The molecule has 0 saturated carbocycles. The molecule has 1 fully saturated rings. The number of hydrogen-bond donors (Lipinski definition) is 1. The lowest BCUT2D eigenvalue weighted by atomic mass is 9.99. The van der Waals surface area contributed by atoms with Crippen LogP contribution in [0.1, 0.15) is 30.3 Å². The summed E-state index contributed by atoms with van der Waals surface area (Å²) >= 11 is 0. The highest BCUT2D eigenvalue weighted by Gasteiger charge is 2.20. The fraction of sp³-hybridized carbons (Fsp3) is 0.636. The number of rotatable bonds is 3. The monoisotopic (exact) mass is 224 g/mol. The van der Waals surface area contributed by atoms with E-state index in [0.29, 0.717) is 18.3 Å². The van der Waals surface area contributed by atoms with E-state index in [1.807, 2.05) is 13.2 Å². The Hall–Kier alpha value is -1.36. The second-order valence-corrected chi connectivity index (χ2v) is 4.18. The molecule has 2 rings (SSSR count). The van der Waals surface area contributed by atoms with Crippen molar-refractivity contribution in [1.82, 2.24) is 9.55 Å². The van der Waals surface area contributed by atoms with Crippen molar-refractivity contribution in [3.63, 3.8) is 0 Å². The van der Waals surface area contributed by atoms with Crippen LogP contribution in [0.5, 0.6) is 0 Å². The SMILES string of the molecule is Cn1cc(C2CCCOC2)nc1CC(=O)O. The van der Waals surface area contributed by atoms with E-state index in [4.69, 9.17) is 9.84 Å². The third-order valence-corrected chi connectivity index (χ3v) is 2.88. The molecule has 88 valence electrons. The first-order chi connectivity index (χ1) is 7.66. The summed E-state index contributed by atoms with van der Waals surface area (Å²) in [4.78, 5) is 15.0. The van der Waals surface area contributed by atoms with Gasteiger partial charge in [0.2, 0.25) is 0 Å². The van der Waals surface area contributed by atoms with Crippen LogP contribution in [0.25, 0.3) is 0 Å². The number of nitrogens with zero attached hydrogens (tertiary/aromatic N) is 2. The Morgan fingerprint density at radius 3 is 3.19 bits per heavy atom. The minimum atomic E-state index is -0.847. The summed E-state index contributed by atoms with van der Waals surface area (Å²) in [6, 6.07) is 0. The Morgan fingerprint density at radius 1 is 1.75 bits per heavy atom. The molecule has 0 spiro atoms. The standard InChI is InChI=1S/C11H16N2O3/c1-13-6-9(8-3-2-4-16-7-8)12-10(13)5-11(14)15/h6,8H,2-5,7H2,1H3,(H,14,15). The summed E-state index contributed by atoms with van der Waals surface area (Å²) in [7, 11) is 1.83. The summed E-state index contributed by atoms with van der Waals surface area (Å²) in [6.45, 7) is 1.52. The number of aryl methyl sites for hydroxylation is 1. The van der Waals surface area contributed by atoms with Crippen molar-refractivity contribution in [3.05, 3.63) is 17.7 Å². The molecule has 1 aliphatic rings. The third-order valence-electron chi connectivity index (χ3n) is 2.88. The average Bonchev–Trinajstić information content (AvgIpc) is 2.61. The van der Waals surface area contributed by atoms with Gasteiger partial charge in [0.25, 0.3) is 0 Å². The molecule has 1 aliphatic heterocycles. The summed E-state index contributed by atoms with van der Waals surface area (Å²) in [5.74, 6) is 0.0794. The van der Waals surface area contributed by atoms with Gasteiger partial charge in [0.05, 0.1) is 12.3 Å². The highest BCUT2D eigenvalue weighted by atomic mass is 16.5. The number of ether oxygens (including phenoxy) is 1. The van der Waals surface area contributed by atoms with Crippen LogP contribution in [0.4, 0.5) is 0 Å². The molecule has 5 nitrogen and oxygen atoms in total. The van der Waals surface area contributed by atoms with Gasteiger partial charge in [0.1, 0.15) is 12.2 Å². The molecule has 0 aliphatic carbocycles. The van der Waals surface area contributed by atoms with E-state index in [1.54, 1.807) is 4.57 Å². The minimum absolute atomic E-state index is 0.0237. The van der Waals surface area contributed by atoms with Crippen molar-refractivity contribution in [3.8, 4) is 0 Å². The first-order valence-corrected chi connectivity index (χ1v) is 5.48. The quantitative estimate of drug-likeness (QED) is 0.830. The maximum Gasteiger partial charge on any atom is 0.311 e. The van der Waals surface area contributed by atoms with Gasteiger partial charge in [-0.15, -0.1) is 0 Å². The predicted octanol–water partition coefficient (Wildman–Crippen LogP) is 0.941. The van der Waals surface area contributed by atoms with Gasteiger partial charge in [-0.05, 0) is 12.8 Å². The molecule has 1 unspecified atom stereocenters. The zero-order valence-electron chi connectivity index (χ0n) is 9.35. The summed E-state index contributed by atoms with van der Waals surface area (Å²) in [5.41, 5.74) is 0.957. The molecule has 5 heteroatoms. The highest BCUT2D eigenvalue weighted by molar-refractivity contribution is 5.69. The molecule has 0 radical (unpaired) electrons. The number of carboxylic acids is 1. The van der Waals surface area contributed by atoms with Crippen LogP contribution < -0.4 is 0 Å². The molecule has 1 N–H and O–H groups in total. The fourth-order valence-electron chi connectivity index (χ4n) is 2.00. The number of hydrogen-bond acceptors (Lipinski definition) is 3. The molecule has 0 aromatic carbocycles. The van der Waals surface area contributed by atoms with E-state index < -0.39 is 5.97 Å². The van der Waals surface area contributed by atoms with E-state index in [1.165, 1.54) is 0 Å². The summed E-state index contributed by atoms with van der Waals surface area (Å²) in [5, 5.41) is 8.73. The molecule has 0 bridgehead atoms. The van der Waals surface area contributed by atoms with E-state index in [2.05, 4.69) is 4.98 Å². The van der Waals surface area contributed by atoms with Crippen molar-refractivity contribution >= 4 is 5.97 Å². The lowest BCUT2D eigenvalue weighted by Crippen LogP contribution is -2.15. The highest BCUT2D eigenvalue weighted by Crippen LogP contribution is 2.24. The lowest BCUT2D eigenvalue weighted by molar-refractivity contribution is -0.136. The second-order valence-electron chi connectivity index (χ2n) is 4.18. The summed E-state index contributed by atoms with van der Waals surface area (Å²) in [6.07, 6.45) is 4.01. The van der Waals surface area contributed by atoms with Gasteiger partial charge in [0.15, 0.2) is 0 Å². The maximum atomic E-state index is 10.6. The average molecular weight is 224 g/mol. The van der Waals surface area contributed by atoms with Crippen LogP contribution in [0.3, 0.4) is 0 Å². The number of carboxylic acid groups (broad SMARTS) is 1. The van der Waals surface area contributed by atoms with E-state index in [9.17, 15) is 4.79 Å². The normalized spacial score (nSPS) is 20.9. The van der Waals surface area contributed by atoms with Crippen LogP contribution in [0.2, 0.25) is 0 Å². The van der Waals surface area contributed by atoms with Gasteiger partial charge in [-0.1, -0.05) is 0 Å². The van der Waals surface area contributed by atoms with Crippen molar-refractivity contribution in [2.24, 2.45) is 7.05 Å².